The predicted molar refractivity (Wildman–Crippen MR) is 107 cm³/mol. The number of hydrogen-bond acceptors (Lipinski definition) is 4. The van der Waals surface area contributed by atoms with E-state index in [-0.39, 0.29) is 35.9 Å². The van der Waals surface area contributed by atoms with Crippen LogP contribution in [0.3, 0.4) is 0 Å². The Kier molecular flexibility index (Phi) is 15.5. The summed E-state index contributed by atoms with van der Waals surface area (Å²) in [6.07, 6.45) is 3.66. The zero-order valence-electron chi connectivity index (χ0n) is 14.9. The van der Waals surface area contributed by atoms with Gasteiger partial charge in [0, 0.05) is 32.2 Å². The first-order valence-electron chi connectivity index (χ1n) is 8.73. The summed E-state index contributed by atoms with van der Waals surface area (Å²) in [5.74, 6) is 0.899. The van der Waals surface area contributed by atoms with E-state index >= 15 is 0 Å². The Bertz CT molecular complexity index is 346. The van der Waals surface area contributed by atoms with Gasteiger partial charge in [-0.15, -0.1) is 24.0 Å². The lowest BCUT2D eigenvalue weighted by Gasteiger charge is -2.25. The predicted octanol–water partition coefficient (Wildman–Crippen LogP) is 1.27. The lowest BCUT2D eigenvalue weighted by atomic mass is 10.1. The molecule has 1 atom stereocenters. The molecule has 1 saturated heterocycles. The molecule has 0 spiro atoms. The minimum atomic E-state index is 0. The molecule has 1 unspecified atom stereocenters. The van der Waals surface area contributed by atoms with Crippen molar-refractivity contribution in [3.8, 4) is 0 Å². The van der Waals surface area contributed by atoms with Crippen molar-refractivity contribution in [2.24, 2.45) is 4.99 Å². The van der Waals surface area contributed by atoms with Gasteiger partial charge in [-0.1, -0.05) is 13.3 Å². The largest absolute Gasteiger partial charge is 0.379 e. The zero-order chi connectivity index (χ0) is 16.8. The molecule has 1 fully saturated rings. The number of ether oxygens (including phenoxy) is 2. The maximum absolute atomic E-state index is 11.2. The molecular formula is C16H33IN4O3. The number of aliphatic imine (C=N–C) groups is 1. The van der Waals surface area contributed by atoms with Gasteiger partial charge in [0.15, 0.2) is 5.96 Å². The summed E-state index contributed by atoms with van der Waals surface area (Å²) in [4.78, 5) is 15.7. The second kappa shape index (κ2) is 15.9. The fraction of sp³-hybridized carbons (Fsp3) is 0.875. The van der Waals surface area contributed by atoms with E-state index in [0.29, 0.717) is 39.3 Å². The molecule has 0 aromatic carbocycles. The molecule has 1 rings (SSSR count). The van der Waals surface area contributed by atoms with Gasteiger partial charge >= 0.3 is 0 Å². The first kappa shape index (κ1) is 23.4. The maximum Gasteiger partial charge on any atom is 0.220 e. The Labute approximate surface area is 162 Å². The monoisotopic (exact) mass is 456 g/mol. The van der Waals surface area contributed by atoms with Crippen LogP contribution in [0.2, 0.25) is 0 Å². The Hall–Kier alpha value is -0.610. The average molecular weight is 456 g/mol. The van der Waals surface area contributed by atoms with E-state index in [0.717, 1.165) is 38.4 Å². The first-order valence-corrected chi connectivity index (χ1v) is 8.73. The van der Waals surface area contributed by atoms with Crippen molar-refractivity contribution in [1.29, 1.82) is 0 Å². The Morgan fingerprint density at radius 2 is 2.00 bits per heavy atom. The van der Waals surface area contributed by atoms with Crippen LogP contribution < -0.4 is 16.0 Å². The van der Waals surface area contributed by atoms with Crippen LogP contribution in [0.25, 0.3) is 0 Å². The lowest BCUT2D eigenvalue weighted by molar-refractivity contribution is -0.122. The summed E-state index contributed by atoms with van der Waals surface area (Å²) in [5.41, 5.74) is 0. The van der Waals surface area contributed by atoms with Crippen LogP contribution in [0.4, 0.5) is 0 Å². The quantitative estimate of drug-likeness (QED) is 0.189. The third-order valence-electron chi connectivity index (χ3n) is 3.47. The van der Waals surface area contributed by atoms with E-state index in [1.807, 2.05) is 6.92 Å². The summed E-state index contributed by atoms with van der Waals surface area (Å²) in [7, 11) is 0. The molecular weight excluding hydrogens is 423 g/mol. The number of amides is 1. The molecule has 0 aliphatic carbocycles. The van der Waals surface area contributed by atoms with Crippen molar-refractivity contribution in [2.45, 2.75) is 45.6 Å². The molecule has 8 heteroatoms. The molecule has 0 saturated carbocycles. The van der Waals surface area contributed by atoms with Crippen LogP contribution in [-0.2, 0) is 14.3 Å². The molecule has 1 heterocycles. The normalized spacial score (nSPS) is 17.8. The number of hydrogen-bond donors (Lipinski definition) is 3. The molecule has 24 heavy (non-hydrogen) atoms. The number of carbonyl (C=O) groups is 1. The molecule has 7 nitrogen and oxygen atoms in total. The molecule has 0 aromatic heterocycles. The van der Waals surface area contributed by atoms with Crippen LogP contribution in [0.1, 0.15) is 39.5 Å². The van der Waals surface area contributed by atoms with Crippen LogP contribution in [0.5, 0.6) is 0 Å². The number of guanidine groups is 1. The first-order chi connectivity index (χ1) is 11.3. The summed E-state index contributed by atoms with van der Waals surface area (Å²) in [6.45, 7) is 8.87. The van der Waals surface area contributed by atoms with E-state index in [2.05, 4.69) is 27.9 Å². The van der Waals surface area contributed by atoms with Gasteiger partial charge in [-0.2, -0.15) is 0 Å². The summed E-state index contributed by atoms with van der Waals surface area (Å²) < 4.78 is 10.9. The Balaban J connectivity index is 0.00000529. The molecule has 0 aromatic rings. The third-order valence-corrected chi connectivity index (χ3v) is 3.47. The molecule has 1 aliphatic heterocycles. The van der Waals surface area contributed by atoms with Gasteiger partial charge in [-0.25, -0.2) is 0 Å². The summed E-state index contributed by atoms with van der Waals surface area (Å²) in [5, 5.41) is 9.42. The summed E-state index contributed by atoms with van der Waals surface area (Å²) >= 11 is 0. The van der Waals surface area contributed by atoms with Gasteiger partial charge in [-0.3, -0.25) is 9.79 Å². The standard InChI is InChI=1S/C16H32N4O3.HI/c1-3-5-9-22-11-12-23-10-8-18-16(17-4-2)20-14-6-7-15(21)19-13-14;/h14H,3-13H2,1-2H3,(H,19,21)(H2,17,18,20);1H. The molecule has 142 valence electrons. The van der Waals surface area contributed by atoms with Gasteiger partial charge in [-0.05, 0) is 19.8 Å². The number of halogens is 1. The van der Waals surface area contributed by atoms with Crippen molar-refractivity contribution >= 4 is 35.8 Å². The number of piperidine rings is 1. The third kappa shape index (κ3) is 11.9. The topological polar surface area (TPSA) is 84.0 Å². The van der Waals surface area contributed by atoms with Crippen molar-refractivity contribution < 1.29 is 14.3 Å². The van der Waals surface area contributed by atoms with Crippen LogP contribution in [-0.4, -0.2) is 64.0 Å². The summed E-state index contributed by atoms with van der Waals surface area (Å²) in [6, 6.07) is 0.235. The van der Waals surface area contributed by atoms with Gasteiger partial charge in [0.05, 0.1) is 26.4 Å². The van der Waals surface area contributed by atoms with Crippen LogP contribution in [0, 0.1) is 0 Å². The van der Waals surface area contributed by atoms with Crippen molar-refractivity contribution in [1.82, 2.24) is 16.0 Å². The smallest absolute Gasteiger partial charge is 0.220 e. The number of nitrogens with zero attached hydrogens (tertiary/aromatic N) is 1. The number of nitrogens with one attached hydrogen (secondary N) is 3. The second-order valence-electron chi connectivity index (χ2n) is 5.52. The van der Waals surface area contributed by atoms with Crippen LogP contribution >= 0.6 is 24.0 Å². The minimum Gasteiger partial charge on any atom is -0.379 e. The molecule has 1 aliphatic rings. The van der Waals surface area contributed by atoms with E-state index in [1.54, 1.807) is 0 Å². The van der Waals surface area contributed by atoms with Gasteiger partial charge in [0.1, 0.15) is 0 Å². The second-order valence-corrected chi connectivity index (χ2v) is 5.52. The number of unbranched alkanes of at least 4 members (excludes halogenated alkanes) is 1. The lowest BCUT2D eigenvalue weighted by Crippen LogP contribution is -2.51. The van der Waals surface area contributed by atoms with E-state index in [1.165, 1.54) is 0 Å². The highest BCUT2D eigenvalue weighted by atomic mass is 127. The van der Waals surface area contributed by atoms with Crippen molar-refractivity contribution in [3.63, 3.8) is 0 Å². The van der Waals surface area contributed by atoms with Gasteiger partial charge < -0.3 is 25.4 Å². The van der Waals surface area contributed by atoms with Crippen molar-refractivity contribution in [3.05, 3.63) is 0 Å². The molecule has 0 bridgehead atoms. The van der Waals surface area contributed by atoms with E-state index in [9.17, 15) is 4.79 Å². The highest BCUT2D eigenvalue weighted by Crippen LogP contribution is 2.02. The zero-order valence-corrected chi connectivity index (χ0v) is 17.3. The highest BCUT2D eigenvalue weighted by molar-refractivity contribution is 14.0. The minimum absolute atomic E-state index is 0. The maximum atomic E-state index is 11.2. The fourth-order valence-electron chi connectivity index (χ4n) is 2.16. The van der Waals surface area contributed by atoms with Gasteiger partial charge in [0.2, 0.25) is 5.91 Å². The van der Waals surface area contributed by atoms with E-state index in [4.69, 9.17) is 9.47 Å². The Morgan fingerprint density at radius 3 is 2.62 bits per heavy atom. The SMILES string of the molecule is CCCCOCCOCCN=C(NCC)NC1CCC(=O)NC1.I. The number of carbonyl (C=O) groups excluding carboxylic acids is 1. The highest BCUT2D eigenvalue weighted by Gasteiger charge is 2.18. The average Bonchev–Trinajstić information content (AvgIpc) is 2.55. The fourth-order valence-corrected chi connectivity index (χ4v) is 2.16. The van der Waals surface area contributed by atoms with Crippen LogP contribution in [0.15, 0.2) is 4.99 Å². The van der Waals surface area contributed by atoms with Crippen molar-refractivity contribution in [2.75, 3.05) is 46.1 Å². The molecule has 1 amide bonds. The molecule has 0 radical (unpaired) electrons. The number of rotatable bonds is 11. The van der Waals surface area contributed by atoms with E-state index < -0.39 is 0 Å². The van der Waals surface area contributed by atoms with Gasteiger partial charge in [0.25, 0.3) is 0 Å². The Morgan fingerprint density at radius 1 is 1.25 bits per heavy atom. The molecule has 3 N–H and O–H groups in total.